The predicted molar refractivity (Wildman–Crippen MR) is 50.3 cm³/mol. The maximum Gasteiger partial charge on any atom is 0.323 e. The Morgan fingerprint density at radius 1 is 1.36 bits per heavy atom. The Hall–Kier alpha value is -1.54. The molecule has 74 valence electrons. The van der Waals surface area contributed by atoms with Gasteiger partial charge in [0.1, 0.15) is 6.61 Å². The number of methoxy groups -OCH3 is 1. The van der Waals surface area contributed by atoms with Crippen LogP contribution in [0.2, 0.25) is 5.28 Å². The maximum absolute atomic E-state index is 5.58. The summed E-state index contributed by atoms with van der Waals surface area (Å²) in [6.07, 6.45) is 5.52. The fourth-order valence-corrected chi connectivity index (χ4v) is 0.816. The first-order valence-electron chi connectivity index (χ1n) is 3.78. The second-order valence-corrected chi connectivity index (χ2v) is 2.51. The van der Waals surface area contributed by atoms with Crippen LogP contribution in [-0.2, 0) is 0 Å². The number of rotatable bonds is 4. The summed E-state index contributed by atoms with van der Waals surface area (Å²) in [6, 6.07) is 0.220. The van der Waals surface area contributed by atoms with Gasteiger partial charge >= 0.3 is 12.0 Å². The smallest absolute Gasteiger partial charge is 0.323 e. The molecule has 1 rings (SSSR count). The van der Waals surface area contributed by atoms with E-state index in [0.29, 0.717) is 13.0 Å². The van der Waals surface area contributed by atoms with Crippen LogP contribution < -0.4 is 9.47 Å². The average Bonchev–Trinajstić information content (AvgIpc) is 2.17. The standard InChI is InChI=1S/C8H8ClN3O2/c1-3-4-5-14-8-11-6(9)10-7(12-8)13-2/h1H,4-5H2,2H3. The zero-order valence-corrected chi connectivity index (χ0v) is 8.28. The monoisotopic (exact) mass is 213 g/mol. The van der Waals surface area contributed by atoms with Crippen LogP contribution in [0.3, 0.4) is 0 Å². The van der Waals surface area contributed by atoms with Gasteiger partial charge in [-0.2, -0.15) is 9.97 Å². The topological polar surface area (TPSA) is 57.1 Å². The van der Waals surface area contributed by atoms with E-state index in [-0.39, 0.29) is 17.3 Å². The predicted octanol–water partition coefficient (Wildman–Crippen LogP) is 0.936. The largest absolute Gasteiger partial charge is 0.467 e. The van der Waals surface area contributed by atoms with Crippen LogP contribution in [0, 0.1) is 12.3 Å². The molecule has 0 aromatic carbocycles. The molecule has 0 amide bonds. The van der Waals surface area contributed by atoms with Gasteiger partial charge in [0.2, 0.25) is 5.28 Å². The molecule has 0 aliphatic rings. The van der Waals surface area contributed by atoms with Gasteiger partial charge in [0.15, 0.2) is 0 Å². The van der Waals surface area contributed by atoms with Gasteiger partial charge in [0, 0.05) is 6.42 Å². The number of hydrogen-bond acceptors (Lipinski definition) is 5. The molecule has 0 N–H and O–H groups in total. The molecule has 5 nitrogen and oxygen atoms in total. The van der Waals surface area contributed by atoms with Gasteiger partial charge in [-0.15, -0.1) is 17.3 Å². The van der Waals surface area contributed by atoms with Crippen molar-refractivity contribution in [1.82, 2.24) is 15.0 Å². The number of hydrogen-bond donors (Lipinski definition) is 0. The third-order valence-electron chi connectivity index (χ3n) is 1.23. The fourth-order valence-electron chi connectivity index (χ4n) is 0.672. The third-order valence-corrected chi connectivity index (χ3v) is 1.40. The summed E-state index contributed by atoms with van der Waals surface area (Å²) in [5.74, 6) is 2.42. The van der Waals surface area contributed by atoms with Crippen molar-refractivity contribution in [1.29, 1.82) is 0 Å². The molecule has 6 heteroatoms. The van der Waals surface area contributed by atoms with Crippen molar-refractivity contribution in [2.45, 2.75) is 6.42 Å². The molecule has 0 aliphatic heterocycles. The number of nitrogens with zero attached hydrogens (tertiary/aromatic N) is 3. The van der Waals surface area contributed by atoms with Crippen molar-refractivity contribution in [2.24, 2.45) is 0 Å². The van der Waals surface area contributed by atoms with E-state index in [9.17, 15) is 0 Å². The van der Waals surface area contributed by atoms with Crippen molar-refractivity contribution in [3.8, 4) is 24.4 Å². The second-order valence-electron chi connectivity index (χ2n) is 2.18. The first-order valence-corrected chi connectivity index (χ1v) is 4.16. The molecule has 1 heterocycles. The molecule has 1 aromatic heterocycles. The summed E-state index contributed by atoms with van der Waals surface area (Å²) >= 11 is 5.58. The van der Waals surface area contributed by atoms with Crippen LogP contribution in [0.25, 0.3) is 0 Å². The van der Waals surface area contributed by atoms with Gasteiger partial charge in [-0.3, -0.25) is 0 Å². The molecule has 0 bridgehead atoms. The fraction of sp³-hybridized carbons (Fsp3) is 0.375. The van der Waals surface area contributed by atoms with Crippen molar-refractivity contribution < 1.29 is 9.47 Å². The van der Waals surface area contributed by atoms with Gasteiger partial charge in [-0.1, -0.05) is 0 Å². The quantitative estimate of drug-likeness (QED) is 0.550. The summed E-state index contributed by atoms with van der Waals surface area (Å²) in [5.41, 5.74) is 0. The molecule has 14 heavy (non-hydrogen) atoms. The maximum atomic E-state index is 5.58. The molecule has 1 aromatic rings. The Kier molecular flexibility index (Phi) is 3.95. The van der Waals surface area contributed by atoms with E-state index in [1.165, 1.54) is 7.11 Å². The third kappa shape index (κ3) is 3.07. The zero-order chi connectivity index (χ0) is 10.4. The van der Waals surface area contributed by atoms with E-state index < -0.39 is 0 Å². The molecule has 0 aliphatic carbocycles. The number of aromatic nitrogens is 3. The van der Waals surface area contributed by atoms with Gasteiger partial charge in [0.05, 0.1) is 7.11 Å². The molecular weight excluding hydrogens is 206 g/mol. The zero-order valence-electron chi connectivity index (χ0n) is 7.53. The minimum atomic E-state index is 0.0209. The van der Waals surface area contributed by atoms with Gasteiger partial charge in [-0.05, 0) is 11.6 Å². The van der Waals surface area contributed by atoms with Crippen molar-refractivity contribution in [3.05, 3.63) is 5.28 Å². The lowest BCUT2D eigenvalue weighted by molar-refractivity contribution is 0.288. The lowest BCUT2D eigenvalue weighted by Crippen LogP contribution is -2.03. The Labute approximate surface area is 86.4 Å². The molecule has 0 atom stereocenters. The van der Waals surface area contributed by atoms with Gasteiger partial charge < -0.3 is 9.47 Å². The van der Waals surface area contributed by atoms with E-state index in [4.69, 9.17) is 27.5 Å². The van der Waals surface area contributed by atoms with E-state index in [2.05, 4.69) is 20.9 Å². The lowest BCUT2D eigenvalue weighted by atomic mass is 10.5. The summed E-state index contributed by atoms with van der Waals surface area (Å²) < 4.78 is 9.88. The van der Waals surface area contributed by atoms with Gasteiger partial charge in [-0.25, -0.2) is 0 Å². The van der Waals surface area contributed by atoms with Crippen molar-refractivity contribution in [3.63, 3.8) is 0 Å². The van der Waals surface area contributed by atoms with E-state index in [1.54, 1.807) is 0 Å². The highest BCUT2D eigenvalue weighted by atomic mass is 35.5. The lowest BCUT2D eigenvalue weighted by Gasteiger charge is -2.03. The Balaban J connectivity index is 2.67. The summed E-state index contributed by atoms with van der Waals surface area (Å²) in [6.45, 7) is 0.333. The normalized spacial score (nSPS) is 9.21. The van der Waals surface area contributed by atoms with Crippen LogP contribution in [0.5, 0.6) is 12.0 Å². The molecule has 0 spiro atoms. The molecule has 0 saturated carbocycles. The molecule has 0 radical (unpaired) electrons. The number of ether oxygens (including phenoxy) is 2. The molecule has 0 saturated heterocycles. The van der Waals surface area contributed by atoms with Crippen molar-refractivity contribution >= 4 is 11.6 Å². The van der Waals surface area contributed by atoms with Crippen LogP contribution in [0.4, 0.5) is 0 Å². The van der Waals surface area contributed by atoms with Crippen LogP contribution >= 0.6 is 11.6 Å². The number of terminal acetylenes is 1. The minimum absolute atomic E-state index is 0.0209. The molecule has 0 fully saturated rings. The first kappa shape index (κ1) is 10.5. The highest BCUT2D eigenvalue weighted by Gasteiger charge is 2.05. The Morgan fingerprint density at radius 3 is 2.71 bits per heavy atom. The Bertz CT molecular complexity index is 351. The second kappa shape index (κ2) is 5.25. The average molecular weight is 214 g/mol. The van der Waals surface area contributed by atoms with Crippen LogP contribution in [-0.4, -0.2) is 28.7 Å². The highest BCUT2D eigenvalue weighted by molar-refractivity contribution is 6.28. The molecular formula is C8H8ClN3O2. The van der Waals surface area contributed by atoms with Crippen LogP contribution in [0.15, 0.2) is 0 Å². The Morgan fingerprint density at radius 2 is 2.07 bits per heavy atom. The van der Waals surface area contributed by atoms with Crippen LogP contribution in [0.1, 0.15) is 6.42 Å². The van der Waals surface area contributed by atoms with E-state index >= 15 is 0 Å². The number of halogens is 1. The van der Waals surface area contributed by atoms with Gasteiger partial charge in [0.25, 0.3) is 0 Å². The first-order chi connectivity index (χ1) is 6.76. The van der Waals surface area contributed by atoms with E-state index in [1.807, 2.05) is 0 Å². The highest BCUT2D eigenvalue weighted by Crippen LogP contribution is 2.12. The van der Waals surface area contributed by atoms with E-state index in [0.717, 1.165) is 0 Å². The minimum Gasteiger partial charge on any atom is -0.467 e. The summed E-state index contributed by atoms with van der Waals surface area (Å²) in [5, 5.41) is 0.0209. The molecule has 0 unspecified atom stereocenters. The summed E-state index contributed by atoms with van der Waals surface area (Å²) in [4.78, 5) is 11.2. The SMILES string of the molecule is C#CCCOc1nc(Cl)nc(OC)n1. The van der Waals surface area contributed by atoms with Crippen molar-refractivity contribution in [2.75, 3.05) is 13.7 Å². The summed E-state index contributed by atoms with van der Waals surface area (Å²) in [7, 11) is 1.43.